The van der Waals surface area contributed by atoms with Crippen LogP contribution in [0, 0.1) is 11.8 Å². The van der Waals surface area contributed by atoms with E-state index >= 15 is 0 Å². The summed E-state index contributed by atoms with van der Waals surface area (Å²) in [4.78, 5) is 0. The van der Waals surface area contributed by atoms with Crippen molar-refractivity contribution in [2.75, 3.05) is 6.54 Å². The Hall–Kier alpha value is 0.250. The summed E-state index contributed by atoms with van der Waals surface area (Å²) in [6, 6.07) is 0. The fourth-order valence-electron chi connectivity index (χ4n) is 2.49. The van der Waals surface area contributed by atoms with Gasteiger partial charge in [-0.1, -0.05) is 19.3 Å². The molecule has 0 spiro atoms. The minimum absolute atomic E-state index is 0.259. The predicted molar refractivity (Wildman–Crippen MR) is 47.7 cm³/mol. The molecule has 0 amide bonds. The number of nitrogens with one attached hydrogen (secondary N) is 1. The van der Waals surface area contributed by atoms with E-state index in [-0.39, 0.29) is 5.50 Å². The van der Waals surface area contributed by atoms with Crippen LogP contribution in [0.3, 0.4) is 0 Å². The van der Waals surface area contributed by atoms with E-state index in [1.165, 1.54) is 38.6 Å². The number of piperidine rings is 1. The summed E-state index contributed by atoms with van der Waals surface area (Å²) in [6.07, 6.45) is 6.93. The van der Waals surface area contributed by atoms with Crippen molar-refractivity contribution >= 4 is 11.6 Å². The van der Waals surface area contributed by atoms with Crippen LogP contribution in [0.2, 0.25) is 0 Å². The lowest BCUT2D eigenvalue weighted by atomic mass is 9.76. The molecule has 2 heteroatoms. The van der Waals surface area contributed by atoms with Crippen molar-refractivity contribution in [2.45, 2.75) is 37.6 Å². The van der Waals surface area contributed by atoms with Crippen molar-refractivity contribution in [3.8, 4) is 0 Å². The molecule has 1 saturated heterocycles. The van der Waals surface area contributed by atoms with Gasteiger partial charge in [-0.3, -0.25) is 0 Å². The average molecular weight is 174 g/mol. The zero-order chi connectivity index (χ0) is 7.68. The second-order valence-corrected chi connectivity index (χ2v) is 4.44. The quantitative estimate of drug-likeness (QED) is 0.438. The Morgan fingerprint density at radius 1 is 1.09 bits per heavy atom. The smallest absolute Gasteiger partial charge is 0.0828 e. The van der Waals surface area contributed by atoms with Crippen molar-refractivity contribution in [2.24, 2.45) is 11.8 Å². The van der Waals surface area contributed by atoms with Crippen LogP contribution in [0.1, 0.15) is 32.1 Å². The van der Waals surface area contributed by atoms with Gasteiger partial charge in [0.25, 0.3) is 0 Å². The Labute approximate surface area is 73.5 Å². The highest BCUT2D eigenvalue weighted by molar-refractivity contribution is 6.20. The summed E-state index contributed by atoms with van der Waals surface area (Å²) >= 11 is 6.03. The molecule has 1 nitrogen and oxygen atoms in total. The third kappa shape index (κ3) is 1.70. The maximum absolute atomic E-state index is 6.03. The van der Waals surface area contributed by atoms with Crippen LogP contribution in [0.15, 0.2) is 0 Å². The Balaban J connectivity index is 1.93. The van der Waals surface area contributed by atoms with E-state index < -0.39 is 0 Å². The summed E-state index contributed by atoms with van der Waals surface area (Å²) in [5.41, 5.74) is 0.259. The predicted octanol–water partition coefficient (Wildman–Crippen LogP) is 2.35. The van der Waals surface area contributed by atoms with E-state index in [0.717, 1.165) is 11.8 Å². The molecule has 64 valence electrons. The van der Waals surface area contributed by atoms with Crippen LogP contribution in [0.5, 0.6) is 0 Å². The van der Waals surface area contributed by atoms with Gasteiger partial charge in [0.05, 0.1) is 5.50 Å². The molecular weight excluding hydrogens is 158 g/mol. The van der Waals surface area contributed by atoms with Crippen molar-refractivity contribution < 1.29 is 0 Å². The highest BCUT2D eigenvalue weighted by Crippen LogP contribution is 2.35. The number of fused-ring (bicyclic) bond motifs is 1. The lowest BCUT2D eigenvalue weighted by Crippen LogP contribution is -2.42. The molecule has 0 aromatic carbocycles. The van der Waals surface area contributed by atoms with Gasteiger partial charge < -0.3 is 5.32 Å². The second-order valence-electron chi connectivity index (χ2n) is 3.92. The molecule has 0 aromatic rings. The Morgan fingerprint density at radius 3 is 2.64 bits per heavy atom. The molecule has 3 atom stereocenters. The first-order valence-electron chi connectivity index (χ1n) is 4.74. The number of rotatable bonds is 0. The maximum Gasteiger partial charge on any atom is 0.0828 e. The van der Waals surface area contributed by atoms with Gasteiger partial charge in [-0.15, -0.1) is 11.6 Å². The van der Waals surface area contributed by atoms with Gasteiger partial charge in [-0.25, -0.2) is 0 Å². The van der Waals surface area contributed by atoms with Gasteiger partial charge in [-0.2, -0.15) is 0 Å². The summed E-state index contributed by atoms with van der Waals surface area (Å²) in [7, 11) is 0. The van der Waals surface area contributed by atoms with E-state index in [9.17, 15) is 0 Å². The molecule has 2 aliphatic rings. The second kappa shape index (κ2) is 3.32. The molecule has 0 radical (unpaired) electrons. The lowest BCUT2D eigenvalue weighted by Gasteiger charge is -2.37. The summed E-state index contributed by atoms with van der Waals surface area (Å²) < 4.78 is 0. The molecule has 2 fully saturated rings. The minimum Gasteiger partial charge on any atom is -0.301 e. The molecule has 3 unspecified atom stereocenters. The molecule has 11 heavy (non-hydrogen) atoms. The van der Waals surface area contributed by atoms with Gasteiger partial charge in [0.1, 0.15) is 0 Å². The molecule has 0 bridgehead atoms. The van der Waals surface area contributed by atoms with Crippen molar-refractivity contribution in [3.05, 3.63) is 0 Å². The average Bonchev–Trinajstić information content (AvgIpc) is 2.04. The van der Waals surface area contributed by atoms with E-state index in [1.54, 1.807) is 0 Å². The van der Waals surface area contributed by atoms with Crippen molar-refractivity contribution in [1.82, 2.24) is 5.32 Å². The molecular formula is C9H16ClN. The molecule has 1 heterocycles. The Morgan fingerprint density at radius 2 is 1.82 bits per heavy atom. The summed E-state index contributed by atoms with van der Waals surface area (Å²) in [5, 5.41) is 3.35. The normalized spacial score (nSPS) is 45.0. The zero-order valence-corrected chi connectivity index (χ0v) is 7.61. The third-order valence-electron chi connectivity index (χ3n) is 3.18. The van der Waals surface area contributed by atoms with Gasteiger partial charge in [0.15, 0.2) is 0 Å². The minimum atomic E-state index is 0.259. The Bertz CT molecular complexity index is 138. The number of hydrogen-bond acceptors (Lipinski definition) is 1. The van der Waals surface area contributed by atoms with Crippen LogP contribution >= 0.6 is 11.6 Å². The SMILES string of the molecule is ClC1CC2CCCCC2CN1. The van der Waals surface area contributed by atoms with Crippen molar-refractivity contribution in [3.63, 3.8) is 0 Å². The number of alkyl halides is 1. The molecule has 1 N–H and O–H groups in total. The van der Waals surface area contributed by atoms with Crippen LogP contribution in [0.25, 0.3) is 0 Å². The lowest BCUT2D eigenvalue weighted by molar-refractivity contribution is 0.176. The highest BCUT2D eigenvalue weighted by Gasteiger charge is 2.30. The van der Waals surface area contributed by atoms with E-state index in [1.807, 2.05) is 0 Å². The van der Waals surface area contributed by atoms with Crippen LogP contribution in [0.4, 0.5) is 0 Å². The zero-order valence-electron chi connectivity index (χ0n) is 6.85. The van der Waals surface area contributed by atoms with E-state index in [4.69, 9.17) is 11.6 Å². The molecule has 1 aliphatic carbocycles. The van der Waals surface area contributed by atoms with E-state index in [0.29, 0.717) is 0 Å². The largest absolute Gasteiger partial charge is 0.301 e. The molecule has 2 rings (SSSR count). The van der Waals surface area contributed by atoms with Crippen molar-refractivity contribution in [1.29, 1.82) is 0 Å². The van der Waals surface area contributed by atoms with Gasteiger partial charge in [0, 0.05) is 0 Å². The van der Waals surface area contributed by atoms with Crippen LogP contribution in [-0.2, 0) is 0 Å². The topological polar surface area (TPSA) is 12.0 Å². The highest BCUT2D eigenvalue weighted by atomic mass is 35.5. The van der Waals surface area contributed by atoms with Gasteiger partial charge in [0.2, 0.25) is 0 Å². The van der Waals surface area contributed by atoms with E-state index in [2.05, 4.69) is 5.32 Å². The first kappa shape index (κ1) is 7.88. The molecule has 0 aromatic heterocycles. The number of hydrogen-bond donors (Lipinski definition) is 1. The Kier molecular flexibility index (Phi) is 2.38. The maximum atomic E-state index is 6.03. The van der Waals surface area contributed by atoms with Gasteiger partial charge in [-0.05, 0) is 31.2 Å². The molecule has 1 saturated carbocycles. The molecule has 1 aliphatic heterocycles. The summed E-state index contributed by atoms with van der Waals surface area (Å²) in [6.45, 7) is 1.17. The third-order valence-corrected chi connectivity index (χ3v) is 3.51. The van der Waals surface area contributed by atoms with Gasteiger partial charge >= 0.3 is 0 Å². The summed E-state index contributed by atoms with van der Waals surface area (Å²) in [5.74, 6) is 1.88. The fraction of sp³-hybridized carbons (Fsp3) is 1.00. The fourth-order valence-corrected chi connectivity index (χ4v) is 2.81. The monoisotopic (exact) mass is 173 g/mol. The number of halogens is 1. The first-order chi connectivity index (χ1) is 5.36. The van der Waals surface area contributed by atoms with Crippen LogP contribution in [-0.4, -0.2) is 12.0 Å². The first-order valence-corrected chi connectivity index (χ1v) is 5.17. The standard InChI is InChI=1S/C9H16ClN/c10-9-5-7-3-1-2-4-8(7)6-11-9/h7-9,11H,1-6H2. The van der Waals surface area contributed by atoms with Crippen LogP contribution < -0.4 is 5.32 Å².